The standard InChI is InChI=1S/C14H9FO2S/c15-10-3-4-13-9(6-10)7-14(17-13)12(16)8-11-2-1-5-18-11/h1-7H,8H2. The molecule has 0 aliphatic rings. The zero-order valence-electron chi connectivity index (χ0n) is 9.35. The van der Waals surface area contributed by atoms with E-state index in [4.69, 9.17) is 4.42 Å². The number of thiophene rings is 1. The largest absolute Gasteiger partial charge is 0.453 e. The van der Waals surface area contributed by atoms with E-state index in [1.165, 1.54) is 29.5 Å². The summed E-state index contributed by atoms with van der Waals surface area (Å²) in [5.74, 6) is -0.140. The van der Waals surface area contributed by atoms with Gasteiger partial charge in [0.2, 0.25) is 5.78 Å². The van der Waals surface area contributed by atoms with Crippen molar-refractivity contribution in [1.82, 2.24) is 0 Å². The van der Waals surface area contributed by atoms with Crippen molar-refractivity contribution in [1.29, 1.82) is 0 Å². The van der Waals surface area contributed by atoms with Crippen molar-refractivity contribution in [3.05, 3.63) is 58.2 Å². The molecule has 0 atom stereocenters. The maximum atomic E-state index is 13.0. The predicted molar refractivity (Wildman–Crippen MR) is 68.5 cm³/mol. The third-order valence-corrected chi connectivity index (χ3v) is 3.54. The van der Waals surface area contributed by atoms with Gasteiger partial charge in [0.1, 0.15) is 11.4 Å². The van der Waals surface area contributed by atoms with Crippen LogP contribution in [0.3, 0.4) is 0 Å². The Labute approximate surface area is 107 Å². The molecule has 18 heavy (non-hydrogen) atoms. The Bertz CT molecular complexity index is 698. The average molecular weight is 260 g/mol. The molecule has 0 unspecified atom stereocenters. The van der Waals surface area contributed by atoms with Gasteiger partial charge in [0.05, 0.1) is 0 Å². The predicted octanol–water partition coefficient (Wildman–Crippen LogP) is 4.06. The highest BCUT2D eigenvalue weighted by molar-refractivity contribution is 7.10. The Morgan fingerprint density at radius 2 is 2.17 bits per heavy atom. The summed E-state index contributed by atoms with van der Waals surface area (Å²) in [4.78, 5) is 13.0. The summed E-state index contributed by atoms with van der Waals surface area (Å²) in [6, 6.07) is 9.62. The summed E-state index contributed by atoms with van der Waals surface area (Å²) in [6.45, 7) is 0. The van der Waals surface area contributed by atoms with E-state index in [1.54, 1.807) is 6.07 Å². The first kappa shape index (κ1) is 11.2. The summed E-state index contributed by atoms with van der Waals surface area (Å²) >= 11 is 1.53. The van der Waals surface area contributed by atoms with Gasteiger partial charge in [0, 0.05) is 16.7 Å². The zero-order chi connectivity index (χ0) is 12.5. The molecule has 0 fully saturated rings. The fourth-order valence-corrected chi connectivity index (χ4v) is 2.51. The van der Waals surface area contributed by atoms with Crippen molar-refractivity contribution < 1.29 is 13.6 Å². The zero-order valence-corrected chi connectivity index (χ0v) is 10.2. The number of furan rings is 1. The van der Waals surface area contributed by atoms with Crippen molar-refractivity contribution in [3.8, 4) is 0 Å². The molecule has 2 nitrogen and oxygen atoms in total. The first-order chi connectivity index (χ1) is 8.72. The van der Waals surface area contributed by atoms with Crippen LogP contribution in [0.5, 0.6) is 0 Å². The third kappa shape index (κ3) is 2.07. The molecular formula is C14H9FO2S. The molecular weight excluding hydrogens is 251 g/mol. The number of Topliss-reactive ketones (excluding diaryl/α,β-unsaturated/α-hetero) is 1. The van der Waals surface area contributed by atoms with E-state index in [1.807, 2.05) is 17.5 Å². The van der Waals surface area contributed by atoms with Gasteiger partial charge in [-0.1, -0.05) is 6.07 Å². The van der Waals surface area contributed by atoms with Gasteiger partial charge in [-0.05, 0) is 35.7 Å². The molecule has 0 N–H and O–H groups in total. The van der Waals surface area contributed by atoms with Crippen LogP contribution >= 0.6 is 11.3 Å². The van der Waals surface area contributed by atoms with Crippen LogP contribution in [0.1, 0.15) is 15.4 Å². The minimum absolute atomic E-state index is 0.0888. The Hall–Kier alpha value is -1.94. The Balaban J connectivity index is 1.92. The van der Waals surface area contributed by atoms with Crippen LogP contribution in [-0.2, 0) is 6.42 Å². The number of fused-ring (bicyclic) bond motifs is 1. The van der Waals surface area contributed by atoms with Gasteiger partial charge in [0.25, 0.3) is 0 Å². The average Bonchev–Trinajstić information content (AvgIpc) is 2.96. The molecule has 0 saturated carbocycles. The van der Waals surface area contributed by atoms with E-state index < -0.39 is 0 Å². The number of ketones is 1. The van der Waals surface area contributed by atoms with Crippen LogP contribution in [0.25, 0.3) is 11.0 Å². The minimum Gasteiger partial charge on any atom is -0.453 e. The van der Waals surface area contributed by atoms with Gasteiger partial charge >= 0.3 is 0 Å². The molecule has 0 saturated heterocycles. The maximum Gasteiger partial charge on any atom is 0.203 e. The fraction of sp³-hybridized carbons (Fsp3) is 0.0714. The van der Waals surface area contributed by atoms with Gasteiger partial charge in [0.15, 0.2) is 5.76 Å². The van der Waals surface area contributed by atoms with Crippen molar-refractivity contribution in [3.63, 3.8) is 0 Å². The van der Waals surface area contributed by atoms with Crippen LogP contribution in [0, 0.1) is 5.82 Å². The number of benzene rings is 1. The van der Waals surface area contributed by atoms with Gasteiger partial charge < -0.3 is 4.42 Å². The summed E-state index contributed by atoms with van der Waals surface area (Å²) in [5.41, 5.74) is 0.533. The highest BCUT2D eigenvalue weighted by atomic mass is 32.1. The highest BCUT2D eigenvalue weighted by Crippen LogP contribution is 2.22. The summed E-state index contributed by atoms with van der Waals surface area (Å²) < 4.78 is 18.4. The van der Waals surface area contributed by atoms with E-state index >= 15 is 0 Å². The molecule has 0 aliphatic heterocycles. The second-order valence-electron chi connectivity index (χ2n) is 3.97. The number of carbonyl (C=O) groups is 1. The first-order valence-corrected chi connectivity index (χ1v) is 6.35. The summed E-state index contributed by atoms with van der Waals surface area (Å²) in [6.07, 6.45) is 0.319. The Morgan fingerprint density at radius 1 is 1.28 bits per heavy atom. The number of hydrogen-bond donors (Lipinski definition) is 0. The van der Waals surface area contributed by atoms with Crippen LogP contribution in [0.15, 0.2) is 46.2 Å². The van der Waals surface area contributed by atoms with E-state index in [-0.39, 0.29) is 17.4 Å². The van der Waals surface area contributed by atoms with Crippen LogP contribution in [0.4, 0.5) is 4.39 Å². The molecule has 1 aromatic carbocycles. The molecule has 4 heteroatoms. The molecule has 90 valence electrons. The topological polar surface area (TPSA) is 30.2 Å². The lowest BCUT2D eigenvalue weighted by Gasteiger charge is -1.93. The summed E-state index contributed by atoms with van der Waals surface area (Å²) in [5, 5.41) is 2.54. The van der Waals surface area contributed by atoms with Gasteiger partial charge in [-0.15, -0.1) is 11.3 Å². The van der Waals surface area contributed by atoms with Crippen molar-refractivity contribution in [2.75, 3.05) is 0 Å². The van der Waals surface area contributed by atoms with E-state index in [0.717, 1.165) is 4.88 Å². The lowest BCUT2D eigenvalue weighted by Crippen LogP contribution is -1.99. The Kier molecular flexibility index (Phi) is 2.72. The normalized spacial score (nSPS) is 10.9. The minimum atomic E-state index is -0.333. The number of halogens is 1. The maximum absolute atomic E-state index is 13.0. The van der Waals surface area contributed by atoms with Gasteiger partial charge in [-0.2, -0.15) is 0 Å². The first-order valence-electron chi connectivity index (χ1n) is 5.47. The number of hydrogen-bond acceptors (Lipinski definition) is 3. The van der Waals surface area contributed by atoms with Crippen LogP contribution in [-0.4, -0.2) is 5.78 Å². The molecule has 3 rings (SSSR count). The quantitative estimate of drug-likeness (QED) is 0.665. The highest BCUT2D eigenvalue weighted by Gasteiger charge is 2.13. The second-order valence-corrected chi connectivity index (χ2v) is 5.00. The lowest BCUT2D eigenvalue weighted by molar-refractivity contribution is 0.0969. The summed E-state index contributed by atoms with van der Waals surface area (Å²) in [7, 11) is 0. The van der Waals surface area contributed by atoms with Crippen LogP contribution < -0.4 is 0 Å². The molecule has 0 spiro atoms. The number of rotatable bonds is 3. The van der Waals surface area contributed by atoms with Crippen molar-refractivity contribution >= 4 is 28.1 Å². The SMILES string of the molecule is O=C(Cc1cccs1)c1cc2cc(F)ccc2o1. The van der Waals surface area contributed by atoms with Gasteiger partial charge in [-0.3, -0.25) is 4.79 Å². The fourth-order valence-electron chi connectivity index (χ4n) is 1.81. The smallest absolute Gasteiger partial charge is 0.203 e. The molecule has 0 bridgehead atoms. The monoisotopic (exact) mass is 260 g/mol. The molecule has 0 radical (unpaired) electrons. The van der Waals surface area contributed by atoms with E-state index in [9.17, 15) is 9.18 Å². The molecule has 0 aliphatic carbocycles. The van der Waals surface area contributed by atoms with Gasteiger partial charge in [-0.25, -0.2) is 4.39 Å². The van der Waals surface area contributed by atoms with E-state index in [2.05, 4.69) is 0 Å². The second kappa shape index (κ2) is 4.38. The molecule has 2 aromatic heterocycles. The van der Waals surface area contributed by atoms with E-state index in [0.29, 0.717) is 17.4 Å². The number of carbonyl (C=O) groups excluding carboxylic acids is 1. The lowest BCUT2D eigenvalue weighted by atomic mass is 10.2. The molecule has 3 aromatic rings. The van der Waals surface area contributed by atoms with Crippen molar-refractivity contribution in [2.24, 2.45) is 0 Å². The third-order valence-electron chi connectivity index (χ3n) is 2.67. The Morgan fingerprint density at radius 3 is 2.94 bits per heavy atom. The molecule has 0 amide bonds. The van der Waals surface area contributed by atoms with Crippen molar-refractivity contribution in [2.45, 2.75) is 6.42 Å². The molecule has 2 heterocycles. The van der Waals surface area contributed by atoms with Crippen LogP contribution in [0.2, 0.25) is 0 Å².